The summed E-state index contributed by atoms with van der Waals surface area (Å²) < 4.78 is 6.85. The molecule has 0 aliphatic rings. The normalized spacial score (nSPS) is 10.8. The Bertz CT molecular complexity index is 1140. The lowest BCUT2D eigenvalue weighted by Gasteiger charge is -2.08. The smallest absolute Gasteiger partial charge is 0.250 e. The molecule has 2 aromatic heterocycles. The second-order valence-corrected chi connectivity index (χ2v) is 6.21. The quantitative estimate of drug-likeness (QED) is 0.593. The van der Waals surface area contributed by atoms with Crippen molar-refractivity contribution in [1.82, 2.24) is 9.72 Å². The molecule has 0 aliphatic carbocycles. The molecule has 0 saturated heterocycles. The summed E-state index contributed by atoms with van der Waals surface area (Å²) in [5.74, 6) is -0.166. The van der Waals surface area contributed by atoms with Crippen LogP contribution >= 0.6 is 0 Å². The molecule has 0 bridgehead atoms. The van der Waals surface area contributed by atoms with Crippen molar-refractivity contribution in [1.29, 1.82) is 0 Å². The Morgan fingerprint density at radius 2 is 1.78 bits per heavy atom. The number of para-hydroxylation sites is 1. The van der Waals surface area contributed by atoms with Crippen LogP contribution < -0.4 is 10.9 Å². The Morgan fingerprint density at radius 1 is 1.00 bits per heavy atom. The third-order valence-electron chi connectivity index (χ3n) is 4.27. The van der Waals surface area contributed by atoms with Crippen molar-refractivity contribution < 1.29 is 9.32 Å². The number of fused-ring (bicyclic) bond motifs is 1. The molecule has 1 amide bonds. The van der Waals surface area contributed by atoms with Crippen LogP contribution in [0, 0.1) is 0 Å². The number of nitrogens with one attached hydrogen (secondary N) is 1. The van der Waals surface area contributed by atoms with Gasteiger partial charge in [-0.15, -0.1) is 0 Å². The largest absolute Gasteiger partial charge is 0.356 e. The van der Waals surface area contributed by atoms with E-state index in [1.165, 1.54) is 6.07 Å². The average Bonchev–Trinajstić information content (AvgIpc) is 3.08. The SMILES string of the molecule is O=C(Cc1noc2ccccc12)Nc1ccc(Cn2ccccc2=O)cc1. The van der Waals surface area contributed by atoms with Crippen LogP contribution in [0.1, 0.15) is 11.3 Å². The van der Waals surface area contributed by atoms with Gasteiger partial charge < -0.3 is 14.4 Å². The fraction of sp³-hybridized carbons (Fsp3) is 0.0952. The number of hydrogen-bond donors (Lipinski definition) is 1. The van der Waals surface area contributed by atoms with Gasteiger partial charge in [0.05, 0.1) is 13.0 Å². The lowest BCUT2D eigenvalue weighted by molar-refractivity contribution is -0.115. The maximum atomic E-state index is 12.3. The van der Waals surface area contributed by atoms with Crippen molar-refractivity contribution in [2.75, 3.05) is 5.32 Å². The number of benzene rings is 2. The highest BCUT2D eigenvalue weighted by atomic mass is 16.5. The molecule has 0 radical (unpaired) electrons. The standard InChI is InChI=1S/C21H17N3O3/c25-20(13-18-17-5-1-2-6-19(17)27-23-18)22-16-10-8-15(9-11-16)14-24-12-4-3-7-21(24)26/h1-12H,13-14H2,(H,22,25). The van der Waals surface area contributed by atoms with Crippen LogP contribution in [-0.2, 0) is 17.8 Å². The summed E-state index contributed by atoms with van der Waals surface area (Å²) >= 11 is 0. The third kappa shape index (κ3) is 3.79. The van der Waals surface area contributed by atoms with Crippen LogP contribution in [0.2, 0.25) is 0 Å². The van der Waals surface area contributed by atoms with Gasteiger partial charge in [-0.3, -0.25) is 9.59 Å². The fourth-order valence-electron chi connectivity index (χ4n) is 2.90. The molecule has 1 N–H and O–H groups in total. The number of amides is 1. The summed E-state index contributed by atoms with van der Waals surface area (Å²) in [6, 6.07) is 19.9. The summed E-state index contributed by atoms with van der Waals surface area (Å²) in [6.07, 6.45) is 1.89. The highest BCUT2D eigenvalue weighted by molar-refractivity contribution is 5.94. The first-order valence-electron chi connectivity index (χ1n) is 8.56. The highest BCUT2D eigenvalue weighted by Crippen LogP contribution is 2.19. The second-order valence-electron chi connectivity index (χ2n) is 6.21. The Hall–Kier alpha value is -3.67. The summed E-state index contributed by atoms with van der Waals surface area (Å²) in [5, 5.41) is 7.68. The van der Waals surface area contributed by atoms with E-state index in [0.717, 1.165) is 10.9 Å². The van der Waals surface area contributed by atoms with Gasteiger partial charge >= 0.3 is 0 Å². The minimum atomic E-state index is -0.166. The number of rotatable bonds is 5. The van der Waals surface area contributed by atoms with Gasteiger partial charge in [0.25, 0.3) is 5.56 Å². The predicted molar refractivity (Wildman–Crippen MR) is 103 cm³/mol. The van der Waals surface area contributed by atoms with Crippen LogP contribution in [0.25, 0.3) is 11.0 Å². The van der Waals surface area contributed by atoms with E-state index in [1.807, 2.05) is 54.6 Å². The summed E-state index contributed by atoms with van der Waals surface area (Å²) in [4.78, 5) is 24.1. The molecule has 0 fully saturated rings. The van der Waals surface area contributed by atoms with E-state index in [4.69, 9.17) is 4.52 Å². The average molecular weight is 359 g/mol. The van der Waals surface area contributed by atoms with E-state index in [2.05, 4.69) is 10.5 Å². The van der Waals surface area contributed by atoms with Gasteiger partial charge in [0.15, 0.2) is 5.58 Å². The van der Waals surface area contributed by atoms with Crippen LogP contribution in [0.5, 0.6) is 0 Å². The number of nitrogens with zero attached hydrogens (tertiary/aromatic N) is 2. The maximum absolute atomic E-state index is 12.3. The molecule has 0 unspecified atom stereocenters. The number of carbonyl (C=O) groups excluding carboxylic acids is 1. The Kier molecular flexibility index (Phi) is 4.53. The Morgan fingerprint density at radius 3 is 2.59 bits per heavy atom. The van der Waals surface area contributed by atoms with Gasteiger partial charge in [-0.2, -0.15) is 0 Å². The third-order valence-corrected chi connectivity index (χ3v) is 4.27. The topological polar surface area (TPSA) is 77.1 Å². The van der Waals surface area contributed by atoms with Crippen LogP contribution in [0.15, 0.2) is 82.2 Å². The molecule has 4 aromatic rings. The number of aromatic nitrogens is 2. The predicted octanol–water partition coefficient (Wildman–Crippen LogP) is 3.22. The van der Waals surface area contributed by atoms with Gasteiger partial charge in [0, 0.05) is 23.3 Å². The number of hydrogen-bond acceptors (Lipinski definition) is 4. The minimum absolute atomic E-state index is 0.0466. The molecule has 27 heavy (non-hydrogen) atoms. The maximum Gasteiger partial charge on any atom is 0.250 e. The molecular formula is C21H17N3O3. The zero-order valence-corrected chi connectivity index (χ0v) is 14.5. The first kappa shape index (κ1) is 16.8. The summed E-state index contributed by atoms with van der Waals surface area (Å²) in [6.45, 7) is 0.485. The summed E-state index contributed by atoms with van der Waals surface area (Å²) in [5.41, 5.74) is 2.90. The summed E-state index contributed by atoms with van der Waals surface area (Å²) in [7, 11) is 0. The molecular weight excluding hydrogens is 342 g/mol. The van der Waals surface area contributed by atoms with Crippen molar-refractivity contribution >= 4 is 22.6 Å². The molecule has 2 aromatic carbocycles. The molecule has 2 heterocycles. The van der Waals surface area contributed by atoms with Gasteiger partial charge in [0.2, 0.25) is 5.91 Å². The van der Waals surface area contributed by atoms with Crippen molar-refractivity contribution in [2.24, 2.45) is 0 Å². The van der Waals surface area contributed by atoms with Gasteiger partial charge in [0.1, 0.15) is 5.69 Å². The van der Waals surface area contributed by atoms with Crippen molar-refractivity contribution in [3.05, 3.63) is 94.5 Å². The monoisotopic (exact) mass is 359 g/mol. The van der Waals surface area contributed by atoms with Gasteiger partial charge in [-0.25, -0.2) is 0 Å². The first-order chi connectivity index (χ1) is 13.2. The lowest BCUT2D eigenvalue weighted by Crippen LogP contribution is -2.18. The molecule has 4 rings (SSSR count). The van der Waals surface area contributed by atoms with Crippen molar-refractivity contribution in [3.63, 3.8) is 0 Å². The number of anilines is 1. The van der Waals surface area contributed by atoms with Crippen molar-refractivity contribution in [3.8, 4) is 0 Å². The molecule has 6 nitrogen and oxygen atoms in total. The van der Waals surface area contributed by atoms with E-state index in [1.54, 1.807) is 16.8 Å². The van der Waals surface area contributed by atoms with E-state index in [0.29, 0.717) is 23.5 Å². The Balaban J connectivity index is 1.41. The van der Waals surface area contributed by atoms with E-state index < -0.39 is 0 Å². The molecule has 0 aliphatic heterocycles. The van der Waals surface area contributed by atoms with E-state index >= 15 is 0 Å². The highest BCUT2D eigenvalue weighted by Gasteiger charge is 2.12. The minimum Gasteiger partial charge on any atom is -0.356 e. The van der Waals surface area contributed by atoms with Gasteiger partial charge in [-0.1, -0.05) is 35.5 Å². The molecule has 6 heteroatoms. The first-order valence-corrected chi connectivity index (χ1v) is 8.56. The van der Waals surface area contributed by atoms with Crippen molar-refractivity contribution in [2.45, 2.75) is 13.0 Å². The molecule has 0 saturated carbocycles. The number of carbonyl (C=O) groups is 1. The van der Waals surface area contributed by atoms with Gasteiger partial charge in [-0.05, 0) is 35.9 Å². The molecule has 134 valence electrons. The van der Waals surface area contributed by atoms with Crippen LogP contribution in [0.3, 0.4) is 0 Å². The second kappa shape index (κ2) is 7.29. The zero-order valence-electron chi connectivity index (χ0n) is 14.5. The Labute approximate surface area is 155 Å². The van der Waals surface area contributed by atoms with E-state index in [9.17, 15) is 9.59 Å². The van der Waals surface area contributed by atoms with E-state index in [-0.39, 0.29) is 17.9 Å². The molecule has 0 atom stereocenters. The molecule has 0 spiro atoms. The van der Waals surface area contributed by atoms with Crippen LogP contribution in [-0.4, -0.2) is 15.6 Å². The zero-order chi connectivity index (χ0) is 18.6. The lowest BCUT2D eigenvalue weighted by atomic mass is 10.1. The number of pyridine rings is 1. The fourth-order valence-corrected chi connectivity index (χ4v) is 2.90. The van der Waals surface area contributed by atoms with Crippen LogP contribution in [0.4, 0.5) is 5.69 Å².